The average Bonchev–Trinajstić information content (AvgIpc) is 2.10. The van der Waals surface area contributed by atoms with Crippen molar-refractivity contribution < 1.29 is 8.42 Å². The minimum Gasteiger partial charge on any atom is -0.263 e. The van der Waals surface area contributed by atoms with E-state index in [1.165, 1.54) is 0 Å². The Balaban J connectivity index is 2.67. The number of nitrogens with zero attached hydrogens (tertiary/aromatic N) is 1. The van der Waals surface area contributed by atoms with Gasteiger partial charge in [0.25, 0.3) is 10.2 Å². The van der Waals surface area contributed by atoms with E-state index in [0.29, 0.717) is 12.4 Å². The first-order valence-electron chi connectivity index (χ1n) is 2.99. The zero-order chi connectivity index (χ0) is 8.48. The van der Waals surface area contributed by atoms with Gasteiger partial charge in [0.15, 0.2) is 0 Å². The van der Waals surface area contributed by atoms with Crippen molar-refractivity contribution in [2.75, 3.05) is 6.54 Å². The minimum atomic E-state index is -3.66. The summed E-state index contributed by atoms with van der Waals surface area (Å²) in [6, 6.07) is 0. The SMILES string of the molecule is CC1=CC(NS(N)(=O)=O)=NC1. The highest BCUT2D eigenvalue weighted by molar-refractivity contribution is 7.87. The summed E-state index contributed by atoms with van der Waals surface area (Å²) in [6.07, 6.45) is 1.64. The molecule has 0 aliphatic carbocycles. The molecule has 1 aliphatic heterocycles. The first-order valence-corrected chi connectivity index (χ1v) is 4.54. The van der Waals surface area contributed by atoms with Crippen LogP contribution >= 0.6 is 0 Å². The van der Waals surface area contributed by atoms with Crippen molar-refractivity contribution in [3.05, 3.63) is 11.6 Å². The second kappa shape index (κ2) is 2.63. The molecule has 0 aromatic rings. The largest absolute Gasteiger partial charge is 0.297 e. The molecule has 0 saturated heterocycles. The molecule has 1 rings (SSSR count). The molecule has 0 amide bonds. The second-order valence-electron chi connectivity index (χ2n) is 2.34. The molecule has 0 aromatic carbocycles. The lowest BCUT2D eigenvalue weighted by Gasteiger charge is -1.97. The van der Waals surface area contributed by atoms with E-state index in [1.807, 2.05) is 6.92 Å². The van der Waals surface area contributed by atoms with E-state index in [0.717, 1.165) is 5.57 Å². The van der Waals surface area contributed by atoms with Crippen molar-refractivity contribution >= 4 is 16.0 Å². The maximum absolute atomic E-state index is 10.5. The fraction of sp³-hybridized carbons (Fsp3) is 0.400. The van der Waals surface area contributed by atoms with Crippen molar-refractivity contribution in [1.29, 1.82) is 0 Å². The van der Waals surface area contributed by atoms with Gasteiger partial charge < -0.3 is 0 Å². The number of nitrogens with two attached hydrogens (primary N) is 1. The van der Waals surface area contributed by atoms with Crippen LogP contribution in [0.3, 0.4) is 0 Å². The van der Waals surface area contributed by atoms with Crippen molar-refractivity contribution in [1.82, 2.24) is 4.72 Å². The Morgan fingerprint density at radius 3 is 2.73 bits per heavy atom. The molecule has 0 unspecified atom stereocenters. The number of hydrogen-bond donors (Lipinski definition) is 2. The van der Waals surface area contributed by atoms with E-state index < -0.39 is 10.2 Å². The molecule has 0 atom stereocenters. The van der Waals surface area contributed by atoms with Crippen molar-refractivity contribution in [2.45, 2.75) is 6.92 Å². The first-order chi connectivity index (χ1) is 4.97. The van der Waals surface area contributed by atoms with Gasteiger partial charge in [-0.25, -0.2) is 5.14 Å². The molecule has 1 heterocycles. The highest BCUT2D eigenvalue weighted by atomic mass is 32.2. The van der Waals surface area contributed by atoms with E-state index in [2.05, 4.69) is 9.71 Å². The fourth-order valence-corrected chi connectivity index (χ4v) is 1.16. The molecule has 0 fully saturated rings. The number of hydrogen-bond acceptors (Lipinski definition) is 3. The Morgan fingerprint density at radius 1 is 1.73 bits per heavy atom. The zero-order valence-electron chi connectivity index (χ0n) is 6.03. The molecule has 0 aromatic heterocycles. The number of rotatable bonds is 1. The van der Waals surface area contributed by atoms with Gasteiger partial charge in [0.05, 0.1) is 6.54 Å². The first kappa shape index (κ1) is 8.22. The Bertz CT molecular complexity index is 315. The topological polar surface area (TPSA) is 84.5 Å². The van der Waals surface area contributed by atoms with Gasteiger partial charge in [-0.2, -0.15) is 8.42 Å². The summed E-state index contributed by atoms with van der Waals surface area (Å²) in [7, 11) is -3.66. The summed E-state index contributed by atoms with van der Waals surface area (Å²) in [5, 5.41) is 4.71. The molecular formula is C5H9N3O2S. The summed E-state index contributed by atoms with van der Waals surface area (Å²) in [5.41, 5.74) is 1.01. The maximum atomic E-state index is 10.5. The normalized spacial score (nSPS) is 17.6. The molecule has 0 radical (unpaired) electrons. The fourth-order valence-electron chi connectivity index (χ4n) is 0.742. The number of amidine groups is 1. The summed E-state index contributed by atoms with van der Waals surface area (Å²) in [4.78, 5) is 3.86. The Kier molecular flexibility index (Phi) is 1.97. The van der Waals surface area contributed by atoms with Crippen LogP contribution in [0, 0.1) is 0 Å². The lowest BCUT2D eigenvalue weighted by atomic mass is 10.3. The van der Waals surface area contributed by atoms with Crippen LogP contribution < -0.4 is 9.86 Å². The highest BCUT2D eigenvalue weighted by Crippen LogP contribution is 2.01. The summed E-state index contributed by atoms with van der Waals surface area (Å²) in [6.45, 7) is 2.40. The zero-order valence-corrected chi connectivity index (χ0v) is 6.85. The summed E-state index contributed by atoms with van der Waals surface area (Å²) >= 11 is 0. The second-order valence-corrected chi connectivity index (χ2v) is 3.63. The molecule has 0 bridgehead atoms. The van der Waals surface area contributed by atoms with Crippen LogP contribution in [0.4, 0.5) is 0 Å². The molecule has 0 spiro atoms. The van der Waals surface area contributed by atoms with Crippen molar-refractivity contribution in [3.63, 3.8) is 0 Å². The maximum Gasteiger partial charge on any atom is 0.297 e. The molecule has 1 aliphatic rings. The van der Waals surface area contributed by atoms with E-state index in [-0.39, 0.29) is 0 Å². The highest BCUT2D eigenvalue weighted by Gasteiger charge is 2.08. The van der Waals surface area contributed by atoms with Crippen molar-refractivity contribution in [2.24, 2.45) is 10.1 Å². The molecule has 6 heteroatoms. The summed E-state index contributed by atoms with van der Waals surface area (Å²) in [5.74, 6) is 0.310. The lowest BCUT2D eigenvalue weighted by Crippen LogP contribution is -2.34. The van der Waals surface area contributed by atoms with E-state index in [1.54, 1.807) is 6.08 Å². The van der Waals surface area contributed by atoms with Gasteiger partial charge in [0.2, 0.25) is 0 Å². The summed E-state index contributed by atoms with van der Waals surface area (Å²) < 4.78 is 23.0. The van der Waals surface area contributed by atoms with Gasteiger partial charge in [0.1, 0.15) is 5.84 Å². The smallest absolute Gasteiger partial charge is 0.263 e. The van der Waals surface area contributed by atoms with Crippen LogP contribution in [0.15, 0.2) is 16.6 Å². The van der Waals surface area contributed by atoms with E-state index in [4.69, 9.17) is 5.14 Å². The monoisotopic (exact) mass is 175 g/mol. The third-order valence-corrected chi connectivity index (χ3v) is 1.62. The van der Waals surface area contributed by atoms with Crippen LogP contribution in [-0.2, 0) is 10.2 Å². The molecule has 0 saturated carbocycles. The molecule has 3 N–H and O–H groups in total. The molecule has 5 nitrogen and oxygen atoms in total. The quantitative estimate of drug-likeness (QED) is 0.543. The third kappa shape index (κ3) is 2.69. The minimum absolute atomic E-state index is 0.310. The number of nitrogens with one attached hydrogen (secondary N) is 1. The number of aliphatic imine (C=N–C) groups is 1. The Morgan fingerprint density at radius 2 is 2.36 bits per heavy atom. The molecular weight excluding hydrogens is 166 g/mol. The Labute approximate surface area is 65.2 Å². The van der Waals surface area contributed by atoms with Gasteiger partial charge in [0, 0.05) is 0 Å². The van der Waals surface area contributed by atoms with Crippen LogP contribution in [0.2, 0.25) is 0 Å². The van der Waals surface area contributed by atoms with Crippen molar-refractivity contribution in [3.8, 4) is 0 Å². The predicted molar refractivity (Wildman–Crippen MR) is 42.3 cm³/mol. The lowest BCUT2D eigenvalue weighted by molar-refractivity contribution is 0.594. The van der Waals surface area contributed by atoms with E-state index >= 15 is 0 Å². The average molecular weight is 175 g/mol. The predicted octanol–water partition coefficient (Wildman–Crippen LogP) is -0.862. The van der Waals surface area contributed by atoms with Crippen LogP contribution in [0.25, 0.3) is 0 Å². The van der Waals surface area contributed by atoms with Gasteiger partial charge in [-0.3, -0.25) is 9.71 Å². The Hall–Kier alpha value is -0.880. The van der Waals surface area contributed by atoms with Crippen LogP contribution in [-0.4, -0.2) is 20.8 Å². The van der Waals surface area contributed by atoms with Crippen LogP contribution in [0.1, 0.15) is 6.92 Å². The molecule has 62 valence electrons. The van der Waals surface area contributed by atoms with Crippen LogP contribution in [0.5, 0.6) is 0 Å². The van der Waals surface area contributed by atoms with Gasteiger partial charge in [-0.1, -0.05) is 0 Å². The van der Waals surface area contributed by atoms with E-state index in [9.17, 15) is 8.42 Å². The van der Waals surface area contributed by atoms with Gasteiger partial charge >= 0.3 is 0 Å². The standard InChI is InChI=1S/C5H9N3O2S/c1-4-2-5(7-3-4)8-11(6,9)10/h2H,3H2,1H3,(H,7,8)(H2,6,9,10). The van der Waals surface area contributed by atoms with Gasteiger partial charge in [-0.15, -0.1) is 0 Å². The molecule has 11 heavy (non-hydrogen) atoms. The third-order valence-electron chi connectivity index (χ3n) is 1.13. The van der Waals surface area contributed by atoms with Gasteiger partial charge in [-0.05, 0) is 18.6 Å².